The zero-order valence-electron chi connectivity index (χ0n) is 10.2. The molecule has 3 nitrogen and oxygen atoms in total. The summed E-state index contributed by atoms with van der Waals surface area (Å²) in [5.41, 5.74) is 6.07. The highest BCUT2D eigenvalue weighted by molar-refractivity contribution is 5.85. The molecule has 0 saturated carbocycles. The Balaban J connectivity index is 0.000000722. The summed E-state index contributed by atoms with van der Waals surface area (Å²) in [5.74, 6) is 0. The van der Waals surface area contributed by atoms with E-state index in [2.05, 4.69) is 4.90 Å². The maximum absolute atomic E-state index is 6.07. The van der Waals surface area contributed by atoms with E-state index < -0.39 is 0 Å². The molecule has 3 aliphatic heterocycles. The van der Waals surface area contributed by atoms with Gasteiger partial charge in [0.25, 0.3) is 0 Å². The van der Waals surface area contributed by atoms with Crippen LogP contribution in [-0.4, -0.2) is 42.3 Å². The summed E-state index contributed by atoms with van der Waals surface area (Å²) < 4.78 is 5.73. The molecule has 17 heavy (non-hydrogen) atoms. The van der Waals surface area contributed by atoms with Crippen LogP contribution in [0.15, 0.2) is 0 Å². The predicted molar refractivity (Wildman–Crippen MR) is 74.2 cm³/mol. The molecule has 2 bridgehead atoms. The van der Waals surface area contributed by atoms with Gasteiger partial charge in [-0.3, -0.25) is 4.90 Å². The highest BCUT2D eigenvalue weighted by Crippen LogP contribution is 2.35. The smallest absolute Gasteiger partial charge is 0.0703 e. The van der Waals surface area contributed by atoms with Gasteiger partial charge in [0, 0.05) is 31.3 Å². The lowest BCUT2D eigenvalue weighted by Crippen LogP contribution is -2.49. The molecule has 0 radical (unpaired) electrons. The molecule has 0 aromatic carbocycles. The normalized spacial score (nSPS) is 40.8. The van der Waals surface area contributed by atoms with E-state index in [1.54, 1.807) is 0 Å². The quantitative estimate of drug-likeness (QED) is 0.842. The number of halogens is 2. The molecule has 0 aromatic heterocycles. The Hall–Kier alpha value is 0.460. The molecular weight excluding hydrogens is 259 g/mol. The Morgan fingerprint density at radius 3 is 2.24 bits per heavy atom. The average molecular weight is 283 g/mol. The van der Waals surface area contributed by atoms with Crippen molar-refractivity contribution < 1.29 is 4.74 Å². The maximum atomic E-state index is 6.07. The Bertz CT molecular complexity index is 223. The van der Waals surface area contributed by atoms with Gasteiger partial charge >= 0.3 is 0 Å². The van der Waals surface area contributed by atoms with Gasteiger partial charge in [0.15, 0.2) is 0 Å². The number of ether oxygens (including phenoxy) is 1. The summed E-state index contributed by atoms with van der Waals surface area (Å²) in [5, 5.41) is 0. The van der Waals surface area contributed by atoms with Crippen LogP contribution in [0.5, 0.6) is 0 Å². The number of rotatable bonds is 2. The fourth-order valence-electron chi connectivity index (χ4n) is 3.64. The summed E-state index contributed by atoms with van der Waals surface area (Å²) in [6, 6.07) is 1.99. The number of nitrogens with two attached hydrogens (primary N) is 1. The van der Waals surface area contributed by atoms with Crippen LogP contribution in [0.25, 0.3) is 0 Å². The molecule has 3 saturated heterocycles. The second kappa shape index (κ2) is 6.58. The number of fused-ring (bicyclic) bond motifs is 2. The van der Waals surface area contributed by atoms with Crippen molar-refractivity contribution in [1.82, 2.24) is 4.90 Å². The van der Waals surface area contributed by atoms with Gasteiger partial charge in [0.05, 0.1) is 6.10 Å². The van der Waals surface area contributed by atoms with E-state index in [4.69, 9.17) is 10.5 Å². The standard InChI is InChI=1S/C12H22N2O.2ClH/c13-9-6-10-3-4-11(7-9)14(10)8-12-2-1-5-15-12;;/h9-12H,1-8,13H2;2*1H/t9?,10-,11+,12?;;. The highest BCUT2D eigenvalue weighted by atomic mass is 35.5. The molecule has 0 aromatic rings. The third-order valence-corrected chi connectivity index (χ3v) is 4.36. The minimum absolute atomic E-state index is 0. The van der Waals surface area contributed by atoms with Gasteiger partial charge in [0.1, 0.15) is 0 Å². The maximum Gasteiger partial charge on any atom is 0.0703 e. The Morgan fingerprint density at radius 2 is 1.71 bits per heavy atom. The van der Waals surface area contributed by atoms with Gasteiger partial charge in [-0.05, 0) is 38.5 Å². The minimum Gasteiger partial charge on any atom is -0.377 e. The lowest BCUT2D eigenvalue weighted by Gasteiger charge is -2.38. The van der Waals surface area contributed by atoms with Gasteiger partial charge in [0.2, 0.25) is 0 Å². The molecule has 3 rings (SSSR count). The fourth-order valence-corrected chi connectivity index (χ4v) is 3.64. The second-order valence-corrected chi connectivity index (χ2v) is 5.45. The first-order chi connectivity index (χ1) is 7.33. The van der Waals surface area contributed by atoms with Gasteiger partial charge < -0.3 is 10.5 Å². The van der Waals surface area contributed by atoms with E-state index in [1.165, 1.54) is 45.1 Å². The topological polar surface area (TPSA) is 38.5 Å². The summed E-state index contributed by atoms with van der Waals surface area (Å²) >= 11 is 0. The van der Waals surface area contributed by atoms with Crippen molar-refractivity contribution in [2.75, 3.05) is 13.2 Å². The SMILES string of the molecule is Cl.Cl.NC1C[C@H]2CC[C@@H](C1)N2CC1CCCO1. The highest BCUT2D eigenvalue weighted by Gasteiger charge is 2.40. The van der Waals surface area contributed by atoms with Crippen LogP contribution in [0.4, 0.5) is 0 Å². The molecule has 0 spiro atoms. The Labute approximate surface area is 116 Å². The first-order valence-electron chi connectivity index (χ1n) is 6.46. The number of piperidine rings is 1. The van der Waals surface area contributed by atoms with Crippen LogP contribution in [-0.2, 0) is 4.74 Å². The van der Waals surface area contributed by atoms with Crippen molar-refractivity contribution in [3.8, 4) is 0 Å². The van der Waals surface area contributed by atoms with Gasteiger partial charge in [-0.25, -0.2) is 0 Å². The second-order valence-electron chi connectivity index (χ2n) is 5.45. The Morgan fingerprint density at radius 1 is 1.06 bits per heavy atom. The van der Waals surface area contributed by atoms with Crippen molar-refractivity contribution in [2.24, 2.45) is 5.73 Å². The molecule has 5 heteroatoms. The van der Waals surface area contributed by atoms with E-state index in [0.29, 0.717) is 12.1 Å². The van der Waals surface area contributed by atoms with Crippen LogP contribution < -0.4 is 5.73 Å². The van der Waals surface area contributed by atoms with E-state index in [9.17, 15) is 0 Å². The van der Waals surface area contributed by atoms with Gasteiger partial charge in [-0.2, -0.15) is 0 Å². The molecule has 4 atom stereocenters. The fraction of sp³-hybridized carbons (Fsp3) is 1.00. The van der Waals surface area contributed by atoms with Gasteiger partial charge in [-0.15, -0.1) is 24.8 Å². The lowest BCUT2D eigenvalue weighted by atomic mass is 9.97. The first-order valence-corrected chi connectivity index (χ1v) is 6.46. The third-order valence-electron chi connectivity index (χ3n) is 4.36. The zero-order chi connectivity index (χ0) is 10.3. The third kappa shape index (κ3) is 3.27. The number of hydrogen-bond acceptors (Lipinski definition) is 3. The number of hydrogen-bond donors (Lipinski definition) is 1. The molecule has 3 fully saturated rings. The van der Waals surface area contributed by atoms with Crippen LogP contribution in [0, 0.1) is 0 Å². The predicted octanol–water partition coefficient (Wildman–Crippen LogP) is 1.96. The summed E-state index contributed by atoms with van der Waals surface area (Å²) in [6.45, 7) is 2.15. The summed E-state index contributed by atoms with van der Waals surface area (Å²) in [6.07, 6.45) is 8.19. The van der Waals surface area contributed by atoms with E-state index in [-0.39, 0.29) is 24.8 Å². The van der Waals surface area contributed by atoms with Crippen molar-refractivity contribution in [2.45, 2.75) is 62.8 Å². The van der Waals surface area contributed by atoms with Crippen LogP contribution in [0.1, 0.15) is 38.5 Å². The molecule has 2 N–H and O–H groups in total. The molecule has 0 aliphatic carbocycles. The largest absolute Gasteiger partial charge is 0.377 e. The van der Waals surface area contributed by atoms with Crippen molar-refractivity contribution >= 4 is 24.8 Å². The van der Waals surface area contributed by atoms with E-state index in [0.717, 1.165) is 18.7 Å². The molecule has 3 aliphatic rings. The molecule has 102 valence electrons. The lowest BCUT2D eigenvalue weighted by molar-refractivity contribution is 0.0368. The minimum atomic E-state index is 0. The molecule has 0 amide bonds. The first kappa shape index (κ1) is 15.5. The molecular formula is C12H24Cl2N2O. The molecule has 3 heterocycles. The monoisotopic (exact) mass is 282 g/mol. The van der Waals surface area contributed by atoms with Crippen LogP contribution in [0.3, 0.4) is 0 Å². The van der Waals surface area contributed by atoms with Crippen molar-refractivity contribution in [3.63, 3.8) is 0 Å². The van der Waals surface area contributed by atoms with E-state index >= 15 is 0 Å². The Kier molecular flexibility index (Phi) is 6.00. The average Bonchev–Trinajstić information content (AvgIpc) is 2.77. The number of nitrogens with zero attached hydrogens (tertiary/aromatic N) is 1. The van der Waals surface area contributed by atoms with Gasteiger partial charge in [-0.1, -0.05) is 0 Å². The zero-order valence-corrected chi connectivity index (χ0v) is 11.8. The van der Waals surface area contributed by atoms with Crippen molar-refractivity contribution in [3.05, 3.63) is 0 Å². The summed E-state index contributed by atoms with van der Waals surface area (Å²) in [7, 11) is 0. The van der Waals surface area contributed by atoms with E-state index in [1.807, 2.05) is 0 Å². The van der Waals surface area contributed by atoms with Crippen molar-refractivity contribution in [1.29, 1.82) is 0 Å². The summed E-state index contributed by atoms with van der Waals surface area (Å²) in [4.78, 5) is 2.69. The van der Waals surface area contributed by atoms with Crippen LogP contribution in [0.2, 0.25) is 0 Å². The molecule has 2 unspecified atom stereocenters. The van der Waals surface area contributed by atoms with Crippen LogP contribution >= 0.6 is 24.8 Å².